The van der Waals surface area contributed by atoms with Crippen LogP contribution < -0.4 is 15.4 Å². The van der Waals surface area contributed by atoms with E-state index in [2.05, 4.69) is 10.6 Å². The number of carbonyl (C=O) groups excluding carboxylic acids is 1. The molecule has 0 aliphatic carbocycles. The molecule has 0 bridgehead atoms. The summed E-state index contributed by atoms with van der Waals surface area (Å²) in [5, 5.41) is 6.16. The van der Waals surface area contributed by atoms with Gasteiger partial charge in [0.05, 0.1) is 6.61 Å². The molecule has 0 unspecified atom stereocenters. The van der Waals surface area contributed by atoms with Crippen molar-refractivity contribution in [1.29, 1.82) is 0 Å². The van der Waals surface area contributed by atoms with Crippen molar-refractivity contribution in [2.24, 2.45) is 5.92 Å². The Balaban J connectivity index is 2.17. The minimum Gasteiger partial charge on any atom is -0.494 e. The Labute approximate surface area is 115 Å². The maximum absolute atomic E-state index is 11.3. The maximum Gasteiger partial charge on any atom is 0.222 e. The van der Waals surface area contributed by atoms with E-state index in [0.717, 1.165) is 18.8 Å². The van der Waals surface area contributed by atoms with E-state index < -0.39 is 0 Å². The molecule has 0 saturated heterocycles. The van der Waals surface area contributed by atoms with Crippen LogP contribution in [0.3, 0.4) is 0 Å². The molecule has 0 aliphatic heterocycles. The van der Waals surface area contributed by atoms with Gasteiger partial charge in [0.15, 0.2) is 0 Å². The summed E-state index contributed by atoms with van der Waals surface area (Å²) in [6, 6.07) is 8.04. The standard InChI is InChI=1S/C15H24N2O2/c1-4-19-14-7-5-13(6-8-14)11-16-9-10-17-15(18)12(2)3/h5-8,12,16H,4,9-11H2,1-3H3,(H,17,18). The summed E-state index contributed by atoms with van der Waals surface area (Å²) in [4.78, 5) is 11.3. The third-order valence-corrected chi connectivity index (χ3v) is 2.69. The van der Waals surface area contributed by atoms with Crippen molar-refractivity contribution >= 4 is 5.91 Å². The Kier molecular flexibility index (Phi) is 6.97. The highest BCUT2D eigenvalue weighted by Gasteiger charge is 2.04. The van der Waals surface area contributed by atoms with Crippen molar-refractivity contribution in [1.82, 2.24) is 10.6 Å². The summed E-state index contributed by atoms with van der Waals surface area (Å²) in [5.74, 6) is 1.05. The minimum atomic E-state index is 0.0473. The zero-order valence-electron chi connectivity index (χ0n) is 12.0. The van der Waals surface area contributed by atoms with E-state index >= 15 is 0 Å². The summed E-state index contributed by atoms with van der Waals surface area (Å²) >= 11 is 0. The van der Waals surface area contributed by atoms with Gasteiger partial charge in [0.25, 0.3) is 0 Å². The minimum absolute atomic E-state index is 0.0473. The third kappa shape index (κ3) is 6.25. The zero-order valence-corrected chi connectivity index (χ0v) is 12.0. The lowest BCUT2D eigenvalue weighted by atomic mass is 10.2. The van der Waals surface area contributed by atoms with Crippen molar-refractivity contribution in [2.75, 3.05) is 19.7 Å². The summed E-state index contributed by atoms with van der Waals surface area (Å²) in [6.45, 7) is 8.67. The molecule has 0 heterocycles. The van der Waals surface area contributed by atoms with Crippen LogP contribution in [-0.4, -0.2) is 25.6 Å². The molecule has 0 aromatic heterocycles. The molecule has 1 aromatic rings. The lowest BCUT2D eigenvalue weighted by Crippen LogP contribution is -2.34. The van der Waals surface area contributed by atoms with Gasteiger partial charge in [-0.25, -0.2) is 0 Å². The molecule has 1 amide bonds. The molecule has 0 radical (unpaired) electrons. The van der Waals surface area contributed by atoms with E-state index in [1.165, 1.54) is 5.56 Å². The zero-order chi connectivity index (χ0) is 14.1. The molecule has 1 aromatic carbocycles. The van der Waals surface area contributed by atoms with Crippen LogP contribution in [0.2, 0.25) is 0 Å². The fourth-order valence-corrected chi connectivity index (χ4v) is 1.58. The second-order valence-electron chi connectivity index (χ2n) is 4.70. The second kappa shape index (κ2) is 8.53. The van der Waals surface area contributed by atoms with Gasteiger partial charge in [-0.1, -0.05) is 26.0 Å². The van der Waals surface area contributed by atoms with Crippen LogP contribution in [-0.2, 0) is 11.3 Å². The van der Waals surface area contributed by atoms with E-state index in [0.29, 0.717) is 13.2 Å². The summed E-state index contributed by atoms with van der Waals surface area (Å²) in [7, 11) is 0. The number of ether oxygens (including phenoxy) is 1. The molecule has 4 nitrogen and oxygen atoms in total. The van der Waals surface area contributed by atoms with E-state index in [4.69, 9.17) is 4.74 Å². The van der Waals surface area contributed by atoms with Gasteiger partial charge in [0.1, 0.15) is 5.75 Å². The monoisotopic (exact) mass is 264 g/mol. The van der Waals surface area contributed by atoms with E-state index in [-0.39, 0.29) is 11.8 Å². The quantitative estimate of drug-likeness (QED) is 0.706. The number of amides is 1. The van der Waals surface area contributed by atoms with Gasteiger partial charge in [-0.15, -0.1) is 0 Å². The molecule has 106 valence electrons. The van der Waals surface area contributed by atoms with Gasteiger partial charge in [0.2, 0.25) is 5.91 Å². The first-order valence-corrected chi connectivity index (χ1v) is 6.83. The van der Waals surface area contributed by atoms with Crippen molar-refractivity contribution < 1.29 is 9.53 Å². The molecule has 0 spiro atoms. The molecule has 4 heteroatoms. The summed E-state index contributed by atoms with van der Waals surface area (Å²) < 4.78 is 5.38. The lowest BCUT2D eigenvalue weighted by molar-refractivity contribution is -0.123. The normalized spacial score (nSPS) is 10.5. The van der Waals surface area contributed by atoms with Crippen LogP contribution in [0.1, 0.15) is 26.3 Å². The SMILES string of the molecule is CCOc1ccc(CNCCNC(=O)C(C)C)cc1. The first-order chi connectivity index (χ1) is 9.13. The molecule has 0 saturated carbocycles. The van der Waals surface area contributed by atoms with Gasteiger partial charge >= 0.3 is 0 Å². The molecule has 1 rings (SSSR count). The van der Waals surface area contributed by atoms with E-state index in [9.17, 15) is 4.79 Å². The van der Waals surface area contributed by atoms with Crippen LogP contribution in [0.15, 0.2) is 24.3 Å². The summed E-state index contributed by atoms with van der Waals surface area (Å²) in [5.41, 5.74) is 1.21. The highest BCUT2D eigenvalue weighted by atomic mass is 16.5. The highest BCUT2D eigenvalue weighted by Crippen LogP contribution is 2.11. The molecule has 0 aliphatic rings. The highest BCUT2D eigenvalue weighted by molar-refractivity contribution is 5.77. The summed E-state index contributed by atoms with van der Waals surface area (Å²) in [6.07, 6.45) is 0. The van der Waals surface area contributed by atoms with Gasteiger partial charge in [-0.2, -0.15) is 0 Å². The van der Waals surface area contributed by atoms with Crippen LogP contribution in [0.5, 0.6) is 5.75 Å². The van der Waals surface area contributed by atoms with Gasteiger partial charge < -0.3 is 15.4 Å². The second-order valence-corrected chi connectivity index (χ2v) is 4.70. The Morgan fingerprint density at radius 2 is 1.89 bits per heavy atom. The third-order valence-electron chi connectivity index (χ3n) is 2.69. The van der Waals surface area contributed by atoms with Gasteiger partial charge in [-0.05, 0) is 24.6 Å². The number of rotatable bonds is 8. The molecule has 0 atom stereocenters. The predicted octanol–water partition coefficient (Wildman–Crippen LogP) is 1.95. The predicted molar refractivity (Wildman–Crippen MR) is 77.2 cm³/mol. The largest absolute Gasteiger partial charge is 0.494 e. The fraction of sp³-hybridized carbons (Fsp3) is 0.533. The maximum atomic E-state index is 11.3. The molecule has 19 heavy (non-hydrogen) atoms. The average Bonchev–Trinajstić information content (AvgIpc) is 2.40. The van der Waals surface area contributed by atoms with Crippen molar-refractivity contribution in [3.8, 4) is 5.75 Å². The Bertz CT molecular complexity index is 374. The van der Waals surface area contributed by atoms with Gasteiger partial charge in [0, 0.05) is 25.6 Å². The first kappa shape index (κ1) is 15.5. The van der Waals surface area contributed by atoms with Crippen LogP contribution >= 0.6 is 0 Å². The fourth-order valence-electron chi connectivity index (χ4n) is 1.58. The van der Waals surface area contributed by atoms with Crippen LogP contribution in [0.25, 0.3) is 0 Å². The molecular weight excluding hydrogens is 240 g/mol. The number of benzene rings is 1. The van der Waals surface area contributed by atoms with Gasteiger partial charge in [-0.3, -0.25) is 4.79 Å². The van der Waals surface area contributed by atoms with E-state index in [1.54, 1.807) is 0 Å². The van der Waals surface area contributed by atoms with E-state index in [1.807, 2.05) is 45.0 Å². The van der Waals surface area contributed by atoms with Crippen LogP contribution in [0.4, 0.5) is 0 Å². The average molecular weight is 264 g/mol. The molecular formula is C15H24N2O2. The van der Waals surface area contributed by atoms with Crippen LogP contribution in [0, 0.1) is 5.92 Å². The molecule has 0 fully saturated rings. The first-order valence-electron chi connectivity index (χ1n) is 6.83. The number of nitrogens with one attached hydrogen (secondary N) is 2. The smallest absolute Gasteiger partial charge is 0.222 e. The topological polar surface area (TPSA) is 50.4 Å². The number of hydrogen-bond donors (Lipinski definition) is 2. The molecule has 2 N–H and O–H groups in total. The lowest BCUT2D eigenvalue weighted by Gasteiger charge is -2.09. The Morgan fingerprint density at radius 3 is 2.47 bits per heavy atom. The number of carbonyl (C=O) groups is 1. The van der Waals surface area contributed by atoms with Crippen molar-refractivity contribution in [3.05, 3.63) is 29.8 Å². The van der Waals surface area contributed by atoms with Crippen molar-refractivity contribution in [3.63, 3.8) is 0 Å². The van der Waals surface area contributed by atoms with Crippen molar-refractivity contribution in [2.45, 2.75) is 27.3 Å². The number of hydrogen-bond acceptors (Lipinski definition) is 3. The Morgan fingerprint density at radius 1 is 1.21 bits per heavy atom. The Hall–Kier alpha value is -1.55.